The second kappa shape index (κ2) is 9.35. The van der Waals surface area contributed by atoms with Crippen LogP contribution in [0.1, 0.15) is 36.8 Å². The highest BCUT2D eigenvalue weighted by Crippen LogP contribution is 2.24. The number of fused-ring (bicyclic) bond motifs is 1. The molecule has 0 unspecified atom stereocenters. The van der Waals surface area contributed by atoms with Crippen LogP contribution in [0.3, 0.4) is 0 Å². The summed E-state index contributed by atoms with van der Waals surface area (Å²) in [4.78, 5) is 26.7. The van der Waals surface area contributed by atoms with Gasteiger partial charge >= 0.3 is 0 Å². The molecule has 0 bridgehead atoms. The van der Waals surface area contributed by atoms with E-state index in [1.165, 1.54) is 11.1 Å². The van der Waals surface area contributed by atoms with Crippen molar-refractivity contribution in [2.45, 2.75) is 44.4 Å². The Labute approximate surface area is 161 Å². The number of methoxy groups -OCH3 is 1. The minimum Gasteiger partial charge on any atom is -0.368 e. The van der Waals surface area contributed by atoms with Crippen LogP contribution in [0.4, 0.5) is 0 Å². The standard InChI is InChI=1S/C19H27N3O3.ClH/c1-25-19(8-11-20-12-9-19)18(24)21-10-4-7-17(23)22-13-15-5-2-3-6-16(15)14-22;/h2-3,5-6,20H,4,7-14H2,1H3,(H,21,24);1H. The molecule has 0 atom stereocenters. The third kappa shape index (κ3) is 4.55. The first-order chi connectivity index (χ1) is 12.1. The average Bonchev–Trinajstić information content (AvgIpc) is 3.09. The number of piperidine rings is 1. The molecule has 1 fully saturated rings. The second-order valence-corrected chi connectivity index (χ2v) is 6.83. The van der Waals surface area contributed by atoms with E-state index in [-0.39, 0.29) is 24.2 Å². The van der Waals surface area contributed by atoms with Crippen LogP contribution in [0, 0.1) is 0 Å². The summed E-state index contributed by atoms with van der Waals surface area (Å²) in [5.74, 6) is 0.0892. The van der Waals surface area contributed by atoms with Crippen molar-refractivity contribution in [2.75, 3.05) is 26.7 Å². The fourth-order valence-electron chi connectivity index (χ4n) is 3.62. The van der Waals surface area contributed by atoms with Gasteiger partial charge in [0.15, 0.2) is 0 Å². The average molecular weight is 382 g/mol. The van der Waals surface area contributed by atoms with E-state index in [0.29, 0.717) is 45.3 Å². The van der Waals surface area contributed by atoms with E-state index in [4.69, 9.17) is 4.74 Å². The molecule has 0 aromatic heterocycles. The van der Waals surface area contributed by atoms with Crippen LogP contribution in [-0.4, -0.2) is 49.1 Å². The molecule has 0 saturated carbocycles. The Bertz CT molecular complexity index is 607. The number of carbonyl (C=O) groups is 2. The Morgan fingerprint density at radius 2 is 1.81 bits per heavy atom. The summed E-state index contributed by atoms with van der Waals surface area (Å²) in [6, 6.07) is 8.17. The van der Waals surface area contributed by atoms with E-state index in [0.717, 1.165) is 13.1 Å². The number of rotatable bonds is 6. The van der Waals surface area contributed by atoms with Crippen molar-refractivity contribution in [3.05, 3.63) is 35.4 Å². The van der Waals surface area contributed by atoms with Gasteiger partial charge in [0.25, 0.3) is 5.91 Å². The van der Waals surface area contributed by atoms with E-state index in [1.54, 1.807) is 7.11 Å². The lowest BCUT2D eigenvalue weighted by Crippen LogP contribution is -2.54. The first-order valence-electron chi connectivity index (χ1n) is 9.03. The van der Waals surface area contributed by atoms with E-state index >= 15 is 0 Å². The van der Waals surface area contributed by atoms with Crippen LogP contribution in [0.25, 0.3) is 0 Å². The van der Waals surface area contributed by atoms with Crippen LogP contribution in [0.15, 0.2) is 24.3 Å². The molecule has 2 N–H and O–H groups in total. The highest BCUT2D eigenvalue weighted by Gasteiger charge is 2.39. The molecule has 7 heteroatoms. The molecule has 2 amide bonds. The molecular formula is C19H28ClN3O3. The van der Waals surface area contributed by atoms with Crippen LogP contribution < -0.4 is 10.6 Å². The summed E-state index contributed by atoms with van der Waals surface area (Å²) in [5, 5.41) is 6.18. The zero-order valence-corrected chi connectivity index (χ0v) is 16.1. The molecule has 0 radical (unpaired) electrons. The summed E-state index contributed by atoms with van der Waals surface area (Å²) < 4.78 is 5.51. The third-order valence-electron chi connectivity index (χ3n) is 5.26. The molecule has 1 aromatic carbocycles. The molecule has 144 valence electrons. The van der Waals surface area contributed by atoms with Crippen LogP contribution in [0.2, 0.25) is 0 Å². The van der Waals surface area contributed by atoms with E-state index in [2.05, 4.69) is 22.8 Å². The Morgan fingerprint density at radius 1 is 1.19 bits per heavy atom. The van der Waals surface area contributed by atoms with Crippen LogP contribution in [-0.2, 0) is 27.4 Å². The predicted octanol–water partition coefficient (Wildman–Crippen LogP) is 1.62. The number of halogens is 1. The van der Waals surface area contributed by atoms with Gasteiger partial charge in [0, 0.05) is 33.2 Å². The number of nitrogens with zero attached hydrogens (tertiary/aromatic N) is 1. The van der Waals surface area contributed by atoms with Gasteiger partial charge in [-0.2, -0.15) is 0 Å². The van der Waals surface area contributed by atoms with E-state index in [9.17, 15) is 9.59 Å². The molecule has 2 aliphatic heterocycles. The molecule has 1 saturated heterocycles. The largest absolute Gasteiger partial charge is 0.368 e. The van der Waals surface area contributed by atoms with Gasteiger partial charge in [0.05, 0.1) is 0 Å². The highest BCUT2D eigenvalue weighted by atomic mass is 35.5. The lowest BCUT2D eigenvalue weighted by atomic mass is 9.91. The molecule has 6 nitrogen and oxygen atoms in total. The fraction of sp³-hybridized carbons (Fsp3) is 0.579. The lowest BCUT2D eigenvalue weighted by Gasteiger charge is -2.34. The molecule has 3 rings (SSSR count). The molecule has 1 aromatic rings. The maximum Gasteiger partial charge on any atom is 0.252 e. The molecule has 2 aliphatic rings. The Hall–Kier alpha value is -1.63. The third-order valence-corrected chi connectivity index (χ3v) is 5.26. The Balaban J connectivity index is 0.00000243. The Kier molecular flexibility index (Phi) is 7.43. The molecule has 2 heterocycles. The van der Waals surface area contributed by atoms with Crippen molar-refractivity contribution in [2.24, 2.45) is 0 Å². The van der Waals surface area contributed by atoms with Gasteiger partial charge in [-0.1, -0.05) is 24.3 Å². The van der Waals surface area contributed by atoms with E-state index < -0.39 is 5.60 Å². The van der Waals surface area contributed by atoms with Gasteiger partial charge in [-0.05, 0) is 43.5 Å². The summed E-state index contributed by atoms with van der Waals surface area (Å²) in [6.45, 7) is 3.47. The Morgan fingerprint density at radius 3 is 2.38 bits per heavy atom. The maximum atomic E-state index is 12.4. The predicted molar refractivity (Wildman–Crippen MR) is 102 cm³/mol. The number of amides is 2. The van der Waals surface area contributed by atoms with Crippen LogP contribution in [0.5, 0.6) is 0 Å². The second-order valence-electron chi connectivity index (χ2n) is 6.83. The number of hydrogen-bond acceptors (Lipinski definition) is 4. The number of carbonyl (C=O) groups excluding carboxylic acids is 2. The van der Waals surface area contributed by atoms with Gasteiger partial charge in [0.2, 0.25) is 5.91 Å². The zero-order valence-electron chi connectivity index (χ0n) is 15.3. The van der Waals surface area contributed by atoms with Gasteiger partial charge in [0.1, 0.15) is 5.60 Å². The molecule has 26 heavy (non-hydrogen) atoms. The SMILES string of the molecule is COC1(C(=O)NCCCC(=O)N2Cc3ccccc3C2)CCNCC1.Cl. The normalized spacial score (nSPS) is 18.0. The summed E-state index contributed by atoms with van der Waals surface area (Å²) in [7, 11) is 1.60. The topological polar surface area (TPSA) is 70.7 Å². The maximum absolute atomic E-state index is 12.4. The number of ether oxygens (including phenoxy) is 1. The van der Waals surface area contributed by atoms with Gasteiger partial charge < -0.3 is 20.3 Å². The van der Waals surface area contributed by atoms with E-state index in [1.807, 2.05) is 17.0 Å². The number of hydrogen-bond donors (Lipinski definition) is 2. The number of benzene rings is 1. The van der Waals surface area contributed by atoms with Crippen molar-refractivity contribution in [1.82, 2.24) is 15.5 Å². The van der Waals surface area contributed by atoms with Gasteiger partial charge in [-0.25, -0.2) is 0 Å². The van der Waals surface area contributed by atoms with Crippen LogP contribution >= 0.6 is 12.4 Å². The number of nitrogens with one attached hydrogen (secondary N) is 2. The highest BCUT2D eigenvalue weighted by molar-refractivity contribution is 5.85. The van der Waals surface area contributed by atoms with Gasteiger partial charge in [-0.3, -0.25) is 9.59 Å². The zero-order chi connectivity index (χ0) is 17.7. The van der Waals surface area contributed by atoms with Gasteiger partial charge in [-0.15, -0.1) is 12.4 Å². The minimum atomic E-state index is -0.716. The molecule has 0 aliphatic carbocycles. The van der Waals surface area contributed by atoms with Crippen molar-refractivity contribution >= 4 is 24.2 Å². The molecular weight excluding hydrogens is 354 g/mol. The van der Waals surface area contributed by atoms with Crippen molar-refractivity contribution in [3.63, 3.8) is 0 Å². The first-order valence-corrected chi connectivity index (χ1v) is 9.03. The summed E-state index contributed by atoms with van der Waals surface area (Å²) in [6.07, 6.45) is 2.46. The van der Waals surface area contributed by atoms with Crippen molar-refractivity contribution < 1.29 is 14.3 Å². The van der Waals surface area contributed by atoms with Crippen molar-refractivity contribution in [1.29, 1.82) is 0 Å². The smallest absolute Gasteiger partial charge is 0.252 e. The minimum absolute atomic E-state index is 0. The monoisotopic (exact) mass is 381 g/mol. The van der Waals surface area contributed by atoms with Crippen molar-refractivity contribution in [3.8, 4) is 0 Å². The summed E-state index contributed by atoms with van der Waals surface area (Å²) >= 11 is 0. The molecule has 0 spiro atoms. The lowest BCUT2D eigenvalue weighted by molar-refractivity contribution is -0.146. The quantitative estimate of drug-likeness (QED) is 0.734. The summed E-state index contributed by atoms with van der Waals surface area (Å²) in [5.41, 5.74) is 1.75. The fourth-order valence-corrected chi connectivity index (χ4v) is 3.62. The first kappa shape index (κ1) is 20.7.